The van der Waals surface area contributed by atoms with Crippen molar-refractivity contribution < 1.29 is 36.6 Å². The number of aromatic nitrogens is 1. The number of nitrogen functional groups attached to an aromatic ring is 1. The zero-order chi connectivity index (χ0) is 27.2. The molecule has 7 nitrogen and oxygen atoms in total. The first-order valence-corrected chi connectivity index (χ1v) is 11.0. The van der Waals surface area contributed by atoms with Gasteiger partial charge in [0.25, 0.3) is 0 Å². The second-order valence-corrected chi connectivity index (χ2v) is 8.24. The van der Waals surface area contributed by atoms with Crippen molar-refractivity contribution >= 4 is 17.6 Å². The summed E-state index contributed by atoms with van der Waals surface area (Å²) in [5.74, 6) is -3.61. The molecule has 0 saturated heterocycles. The van der Waals surface area contributed by atoms with Gasteiger partial charge >= 0.3 is 6.18 Å². The van der Waals surface area contributed by atoms with Crippen LogP contribution in [0.3, 0.4) is 0 Å². The molecule has 0 radical (unpaired) electrons. The van der Waals surface area contributed by atoms with Crippen LogP contribution < -0.4 is 16.4 Å². The maximum atomic E-state index is 13.7. The molecule has 0 saturated carbocycles. The summed E-state index contributed by atoms with van der Waals surface area (Å²) in [5, 5.41) is 15.3. The molecule has 12 heteroatoms. The minimum absolute atomic E-state index is 0.0182. The molecule has 0 fully saturated rings. The Morgan fingerprint density at radius 2 is 1.54 bits per heavy atom. The number of amides is 2. The third-order valence-electron chi connectivity index (χ3n) is 5.38. The first kappa shape index (κ1) is 27.5. The molecule has 5 N–H and O–H groups in total. The van der Waals surface area contributed by atoms with Gasteiger partial charge in [0.2, 0.25) is 11.8 Å². The lowest BCUT2D eigenvalue weighted by molar-refractivity contribution is -0.137. The van der Waals surface area contributed by atoms with E-state index in [1.54, 1.807) is 6.07 Å². The molecule has 0 unspecified atom stereocenters. The van der Waals surface area contributed by atoms with Gasteiger partial charge in [-0.1, -0.05) is 24.3 Å². The van der Waals surface area contributed by atoms with Gasteiger partial charge in [-0.2, -0.15) is 13.2 Å². The van der Waals surface area contributed by atoms with Crippen LogP contribution in [-0.4, -0.2) is 34.1 Å². The molecule has 2 amide bonds. The quantitative estimate of drug-likeness (QED) is 0.323. The van der Waals surface area contributed by atoms with E-state index in [-0.39, 0.29) is 36.3 Å². The van der Waals surface area contributed by atoms with Crippen molar-refractivity contribution in [2.45, 2.75) is 37.7 Å². The number of alkyl halides is 3. The summed E-state index contributed by atoms with van der Waals surface area (Å²) in [4.78, 5) is 29.4. The van der Waals surface area contributed by atoms with Gasteiger partial charge in [0, 0.05) is 25.6 Å². The van der Waals surface area contributed by atoms with E-state index in [1.165, 1.54) is 18.3 Å². The molecule has 1 heterocycles. The average molecular weight is 522 g/mol. The second-order valence-electron chi connectivity index (χ2n) is 8.24. The maximum absolute atomic E-state index is 13.7. The lowest BCUT2D eigenvalue weighted by atomic mass is 10.0. The van der Waals surface area contributed by atoms with Crippen LogP contribution in [0.15, 0.2) is 60.8 Å². The van der Waals surface area contributed by atoms with Crippen molar-refractivity contribution in [3.8, 4) is 0 Å². The summed E-state index contributed by atoms with van der Waals surface area (Å²) in [6, 6.07) is 8.77. The number of aliphatic hydroxyl groups excluding tert-OH is 1. The summed E-state index contributed by atoms with van der Waals surface area (Å²) in [7, 11) is 0. The molecular weight excluding hydrogens is 499 g/mol. The third kappa shape index (κ3) is 7.97. The van der Waals surface area contributed by atoms with E-state index in [1.807, 2.05) is 0 Å². The highest BCUT2D eigenvalue weighted by atomic mass is 19.4. The van der Waals surface area contributed by atoms with Crippen LogP contribution in [-0.2, 0) is 35.2 Å². The molecule has 3 rings (SSSR count). The standard InChI is InChI=1S/C25H23F5N4O3/c26-18-7-3-15(9-19(18)27)10-20(23(36)33-13-16-4-8-22(31)32-12-16)34-24(37)21(35)11-14-1-5-17(6-2-14)25(28,29)30/h1-9,12,20-21,35H,10-11,13H2,(H2,31,32)(H,33,36)(H,34,37)/t20-,21+/m0/s1. The highest BCUT2D eigenvalue weighted by Crippen LogP contribution is 2.29. The highest BCUT2D eigenvalue weighted by Gasteiger charge is 2.30. The Bertz CT molecular complexity index is 1230. The Kier molecular flexibility index (Phi) is 8.77. The van der Waals surface area contributed by atoms with Gasteiger partial charge in [0.1, 0.15) is 18.0 Å². The Labute approximate surface area is 208 Å². The number of aliphatic hydroxyl groups is 1. The van der Waals surface area contributed by atoms with Crippen LogP contribution in [0.25, 0.3) is 0 Å². The van der Waals surface area contributed by atoms with Crippen LogP contribution in [0.1, 0.15) is 22.3 Å². The van der Waals surface area contributed by atoms with Crippen LogP contribution in [0.5, 0.6) is 0 Å². The molecule has 0 bridgehead atoms. The third-order valence-corrected chi connectivity index (χ3v) is 5.38. The smallest absolute Gasteiger partial charge is 0.384 e. The van der Waals surface area contributed by atoms with Crippen molar-refractivity contribution in [3.63, 3.8) is 0 Å². The molecule has 2 atom stereocenters. The fourth-order valence-electron chi connectivity index (χ4n) is 3.38. The molecule has 1 aromatic heterocycles. The fourth-order valence-corrected chi connectivity index (χ4v) is 3.38. The number of hydrogen-bond acceptors (Lipinski definition) is 5. The number of benzene rings is 2. The molecule has 196 valence electrons. The Balaban J connectivity index is 1.70. The lowest BCUT2D eigenvalue weighted by Gasteiger charge is -2.21. The number of rotatable bonds is 9. The van der Waals surface area contributed by atoms with Crippen LogP contribution in [0.4, 0.5) is 27.8 Å². The minimum atomic E-state index is -4.53. The molecule has 0 aliphatic carbocycles. The number of hydrogen-bond donors (Lipinski definition) is 4. The summed E-state index contributed by atoms with van der Waals surface area (Å²) >= 11 is 0. The zero-order valence-electron chi connectivity index (χ0n) is 19.2. The first-order chi connectivity index (χ1) is 17.4. The van der Waals surface area contributed by atoms with Crippen LogP contribution in [0.2, 0.25) is 0 Å². The van der Waals surface area contributed by atoms with E-state index < -0.39 is 47.3 Å². The molecule has 2 aromatic carbocycles. The summed E-state index contributed by atoms with van der Waals surface area (Å²) in [6.07, 6.45) is -5.34. The van der Waals surface area contributed by atoms with E-state index in [2.05, 4.69) is 15.6 Å². The zero-order valence-corrected chi connectivity index (χ0v) is 19.2. The number of halogens is 5. The fraction of sp³-hybridized carbons (Fsp3) is 0.240. The molecule has 37 heavy (non-hydrogen) atoms. The van der Waals surface area contributed by atoms with E-state index in [9.17, 15) is 36.6 Å². The van der Waals surface area contributed by atoms with Gasteiger partial charge in [-0.3, -0.25) is 9.59 Å². The highest BCUT2D eigenvalue weighted by molar-refractivity contribution is 5.89. The number of nitrogens with two attached hydrogens (primary N) is 1. The van der Waals surface area contributed by atoms with Crippen molar-refractivity contribution in [1.29, 1.82) is 0 Å². The minimum Gasteiger partial charge on any atom is -0.384 e. The number of carbonyl (C=O) groups excluding carboxylic acids is 2. The maximum Gasteiger partial charge on any atom is 0.416 e. The topological polar surface area (TPSA) is 117 Å². The van der Waals surface area contributed by atoms with Crippen molar-refractivity contribution in [1.82, 2.24) is 15.6 Å². The summed E-state index contributed by atoms with van der Waals surface area (Å²) < 4.78 is 65.2. The summed E-state index contributed by atoms with van der Waals surface area (Å²) in [6.45, 7) is 0.0182. The molecule has 0 aliphatic rings. The van der Waals surface area contributed by atoms with Crippen molar-refractivity contribution in [3.05, 3.63) is 94.7 Å². The molecular formula is C25H23F5N4O3. The number of pyridine rings is 1. The average Bonchev–Trinajstić information content (AvgIpc) is 2.85. The van der Waals surface area contributed by atoms with E-state index in [0.717, 1.165) is 36.4 Å². The number of anilines is 1. The predicted octanol–water partition coefficient (Wildman–Crippen LogP) is 2.91. The van der Waals surface area contributed by atoms with Gasteiger partial charge < -0.3 is 21.5 Å². The van der Waals surface area contributed by atoms with Crippen LogP contribution in [0, 0.1) is 11.6 Å². The largest absolute Gasteiger partial charge is 0.416 e. The van der Waals surface area contributed by atoms with Gasteiger partial charge in [-0.25, -0.2) is 13.8 Å². The van der Waals surface area contributed by atoms with Crippen molar-refractivity contribution in [2.24, 2.45) is 0 Å². The Morgan fingerprint density at radius 1 is 0.892 bits per heavy atom. The first-order valence-electron chi connectivity index (χ1n) is 11.0. The lowest BCUT2D eigenvalue weighted by Crippen LogP contribution is -2.51. The Hall–Kier alpha value is -4.06. The SMILES string of the molecule is Nc1ccc(CNC(=O)[C@H](Cc2ccc(F)c(F)c2)NC(=O)[C@H](O)Cc2ccc(C(F)(F)F)cc2)cn1. The Morgan fingerprint density at radius 3 is 2.14 bits per heavy atom. The second kappa shape index (κ2) is 11.8. The van der Waals surface area contributed by atoms with E-state index in [4.69, 9.17) is 5.73 Å². The molecule has 0 spiro atoms. The van der Waals surface area contributed by atoms with Crippen LogP contribution >= 0.6 is 0 Å². The normalized spacial score (nSPS) is 13.0. The molecule has 3 aromatic rings. The van der Waals surface area contributed by atoms with Gasteiger partial charge in [-0.05, 0) is 47.0 Å². The summed E-state index contributed by atoms with van der Waals surface area (Å²) in [5.41, 5.74) is 5.70. The molecule has 0 aliphatic heterocycles. The number of nitrogens with one attached hydrogen (secondary N) is 2. The predicted molar refractivity (Wildman–Crippen MR) is 124 cm³/mol. The van der Waals surface area contributed by atoms with E-state index in [0.29, 0.717) is 5.56 Å². The van der Waals surface area contributed by atoms with Gasteiger partial charge in [0.05, 0.1) is 5.56 Å². The van der Waals surface area contributed by atoms with Gasteiger partial charge in [-0.15, -0.1) is 0 Å². The van der Waals surface area contributed by atoms with Crippen molar-refractivity contribution in [2.75, 3.05) is 5.73 Å². The number of nitrogens with zero attached hydrogens (tertiary/aromatic N) is 1. The number of carbonyl (C=O) groups is 2. The van der Waals surface area contributed by atoms with E-state index >= 15 is 0 Å². The monoisotopic (exact) mass is 522 g/mol. The van der Waals surface area contributed by atoms with Gasteiger partial charge in [0.15, 0.2) is 11.6 Å².